The minimum Gasteiger partial charge on any atom is -0.482 e. The fraction of sp³-hybridized carbons (Fsp3) is 0.300. The van der Waals surface area contributed by atoms with E-state index < -0.39 is 5.97 Å². The summed E-state index contributed by atoms with van der Waals surface area (Å²) in [6, 6.07) is 11.9. The van der Waals surface area contributed by atoms with Crippen LogP contribution in [0.4, 0.5) is 5.69 Å². The van der Waals surface area contributed by atoms with E-state index in [0.717, 1.165) is 12.0 Å². The summed E-state index contributed by atoms with van der Waals surface area (Å²) in [6.07, 6.45) is 0.619. The van der Waals surface area contributed by atoms with Crippen molar-refractivity contribution < 1.29 is 19.1 Å². The molecule has 0 aliphatic rings. The maximum atomic E-state index is 12.3. The number of benzene rings is 2. The smallest absolute Gasteiger partial charge is 0.344 e. The highest BCUT2D eigenvalue weighted by Gasteiger charge is 2.11. The third-order valence-electron chi connectivity index (χ3n) is 3.90. The Bertz CT molecular complexity index is 774. The maximum Gasteiger partial charge on any atom is 0.344 e. The highest BCUT2D eigenvalue weighted by molar-refractivity contribution is 6.31. The van der Waals surface area contributed by atoms with Crippen LogP contribution in [0.15, 0.2) is 42.5 Å². The summed E-state index contributed by atoms with van der Waals surface area (Å²) in [5, 5.41) is 3.42. The Labute approximate surface area is 158 Å². The Morgan fingerprint density at radius 2 is 1.85 bits per heavy atom. The maximum absolute atomic E-state index is 12.3. The Kier molecular flexibility index (Phi) is 7.04. The van der Waals surface area contributed by atoms with Gasteiger partial charge in [-0.05, 0) is 62.2 Å². The van der Waals surface area contributed by atoms with Crippen LogP contribution in [0, 0.1) is 6.92 Å². The first-order valence-electron chi connectivity index (χ1n) is 8.39. The molecule has 0 saturated carbocycles. The van der Waals surface area contributed by atoms with Crippen LogP contribution >= 0.6 is 11.6 Å². The van der Waals surface area contributed by atoms with Gasteiger partial charge in [0.25, 0.3) is 5.91 Å². The zero-order valence-corrected chi connectivity index (χ0v) is 15.8. The molecule has 1 amide bonds. The van der Waals surface area contributed by atoms with Crippen LogP contribution in [0.25, 0.3) is 0 Å². The van der Waals surface area contributed by atoms with Crippen LogP contribution in [-0.4, -0.2) is 24.6 Å². The van der Waals surface area contributed by atoms with Gasteiger partial charge in [-0.25, -0.2) is 4.79 Å². The number of anilines is 1. The van der Waals surface area contributed by atoms with Crippen LogP contribution in [0.1, 0.15) is 36.2 Å². The van der Waals surface area contributed by atoms with Crippen LogP contribution in [0.3, 0.4) is 0 Å². The van der Waals surface area contributed by atoms with Crippen molar-refractivity contribution >= 4 is 29.2 Å². The lowest BCUT2D eigenvalue weighted by Crippen LogP contribution is -2.20. The van der Waals surface area contributed by atoms with Crippen molar-refractivity contribution in [3.05, 3.63) is 58.6 Å². The molecule has 2 aromatic rings. The number of hydrogen-bond acceptors (Lipinski definition) is 4. The third kappa shape index (κ3) is 5.49. The number of esters is 1. The van der Waals surface area contributed by atoms with Crippen LogP contribution < -0.4 is 10.1 Å². The molecular weight excluding hydrogens is 354 g/mol. The van der Waals surface area contributed by atoms with E-state index in [9.17, 15) is 9.59 Å². The summed E-state index contributed by atoms with van der Waals surface area (Å²) in [6.45, 7) is 5.44. The number of ether oxygens (including phenoxy) is 2. The lowest BCUT2D eigenvalue weighted by atomic mass is 10.1. The summed E-state index contributed by atoms with van der Waals surface area (Å²) >= 11 is 6.06. The van der Waals surface area contributed by atoms with Gasteiger partial charge in [-0.2, -0.15) is 0 Å². The second-order valence-electron chi connectivity index (χ2n) is 5.89. The van der Waals surface area contributed by atoms with Gasteiger partial charge in [-0.15, -0.1) is 0 Å². The molecule has 0 heterocycles. The predicted octanol–water partition coefficient (Wildman–Crippen LogP) is 4.62. The molecule has 5 nitrogen and oxygen atoms in total. The van der Waals surface area contributed by atoms with Gasteiger partial charge >= 0.3 is 5.97 Å². The van der Waals surface area contributed by atoms with Crippen LogP contribution in [0.2, 0.25) is 5.02 Å². The molecule has 0 aliphatic carbocycles. The summed E-state index contributed by atoms with van der Waals surface area (Å²) < 4.78 is 10.5. The van der Waals surface area contributed by atoms with Gasteiger partial charge in [-0.1, -0.05) is 24.6 Å². The molecule has 0 radical (unpaired) electrons. The Hall–Kier alpha value is -2.53. The lowest BCUT2D eigenvalue weighted by Gasteiger charge is -2.12. The van der Waals surface area contributed by atoms with Crippen molar-refractivity contribution in [2.75, 3.05) is 11.9 Å². The largest absolute Gasteiger partial charge is 0.482 e. The molecule has 1 atom stereocenters. The zero-order chi connectivity index (χ0) is 19.1. The molecule has 1 N–H and O–H groups in total. The number of carbonyl (C=O) groups excluding carboxylic acids is 2. The van der Waals surface area contributed by atoms with Crippen molar-refractivity contribution in [1.82, 2.24) is 0 Å². The SMILES string of the molecule is CC[C@@H](C)OC(=O)COc1ccc(C(=O)Nc2cccc(Cl)c2C)cc1. The van der Waals surface area contributed by atoms with Crippen molar-refractivity contribution in [3.8, 4) is 5.75 Å². The molecule has 0 aromatic heterocycles. The predicted molar refractivity (Wildman–Crippen MR) is 102 cm³/mol. The molecule has 0 bridgehead atoms. The van der Waals surface area contributed by atoms with Crippen molar-refractivity contribution in [3.63, 3.8) is 0 Å². The van der Waals surface area contributed by atoms with Gasteiger partial charge in [0.2, 0.25) is 0 Å². The highest BCUT2D eigenvalue weighted by Crippen LogP contribution is 2.23. The number of hydrogen-bond donors (Lipinski definition) is 1. The molecule has 2 rings (SSSR count). The first-order valence-corrected chi connectivity index (χ1v) is 8.77. The molecule has 2 aromatic carbocycles. The summed E-state index contributed by atoms with van der Waals surface area (Å²) in [4.78, 5) is 23.9. The topological polar surface area (TPSA) is 64.6 Å². The number of amides is 1. The fourth-order valence-corrected chi connectivity index (χ4v) is 2.30. The van der Waals surface area contributed by atoms with Gasteiger partial charge in [0.05, 0.1) is 6.10 Å². The first-order chi connectivity index (χ1) is 12.4. The van der Waals surface area contributed by atoms with Crippen LogP contribution in [0.5, 0.6) is 5.75 Å². The van der Waals surface area contributed by atoms with Gasteiger partial charge in [0, 0.05) is 16.3 Å². The Balaban J connectivity index is 1.93. The first kappa shape index (κ1) is 19.8. The molecule has 138 valence electrons. The summed E-state index contributed by atoms with van der Waals surface area (Å²) in [5.41, 5.74) is 1.94. The van der Waals surface area contributed by atoms with E-state index in [2.05, 4.69) is 5.32 Å². The number of rotatable bonds is 7. The van der Waals surface area contributed by atoms with E-state index in [1.165, 1.54) is 0 Å². The minimum atomic E-state index is -0.419. The molecule has 0 spiro atoms. The Morgan fingerprint density at radius 3 is 2.50 bits per heavy atom. The van der Waals surface area contributed by atoms with Gasteiger partial charge in [0.1, 0.15) is 5.75 Å². The number of carbonyl (C=O) groups is 2. The van der Waals surface area contributed by atoms with Gasteiger partial charge in [0.15, 0.2) is 6.61 Å². The lowest BCUT2D eigenvalue weighted by molar-refractivity contribution is -0.150. The second-order valence-corrected chi connectivity index (χ2v) is 6.30. The summed E-state index contributed by atoms with van der Waals surface area (Å²) in [7, 11) is 0. The molecular formula is C20H22ClNO4. The van der Waals surface area contributed by atoms with Gasteiger partial charge in [-0.3, -0.25) is 4.79 Å². The van der Waals surface area contributed by atoms with E-state index in [1.807, 2.05) is 20.8 Å². The molecule has 26 heavy (non-hydrogen) atoms. The number of halogens is 1. The minimum absolute atomic E-state index is 0.132. The highest BCUT2D eigenvalue weighted by atomic mass is 35.5. The van der Waals surface area contributed by atoms with E-state index >= 15 is 0 Å². The normalized spacial score (nSPS) is 11.5. The molecule has 0 fully saturated rings. The van der Waals surface area contributed by atoms with Crippen molar-refractivity contribution in [2.24, 2.45) is 0 Å². The van der Waals surface area contributed by atoms with E-state index in [4.69, 9.17) is 21.1 Å². The molecule has 0 unspecified atom stereocenters. The average molecular weight is 376 g/mol. The van der Waals surface area contributed by atoms with E-state index in [1.54, 1.807) is 42.5 Å². The fourth-order valence-electron chi connectivity index (χ4n) is 2.12. The van der Waals surface area contributed by atoms with Crippen molar-refractivity contribution in [1.29, 1.82) is 0 Å². The van der Waals surface area contributed by atoms with Gasteiger partial charge < -0.3 is 14.8 Å². The Morgan fingerprint density at radius 1 is 1.15 bits per heavy atom. The third-order valence-corrected chi connectivity index (χ3v) is 4.31. The molecule has 0 aliphatic heterocycles. The standard InChI is InChI=1S/C20H22ClNO4/c1-4-13(2)26-19(23)12-25-16-10-8-15(9-11-16)20(24)22-18-7-5-6-17(21)14(18)3/h5-11,13H,4,12H2,1-3H3,(H,22,24)/t13-/m1/s1. The zero-order valence-electron chi connectivity index (χ0n) is 15.0. The average Bonchev–Trinajstić information content (AvgIpc) is 2.64. The monoisotopic (exact) mass is 375 g/mol. The van der Waals surface area contributed by atoms with Crippen molar-refractivity contribution in [2.45, 2.75) is 33.3 Å². The van der Waals surface area contributed by atoms with E-state index in [-0.39, 0.29) is 18.6 Å². The van der Waals surface area contributed by atoms with Crippen LogP contribution in [-0.2, 0) is 9.53 Å². The van der Waals surface area contributed by atoms with E-state index in [0.29, 0.717) is 22.0 Å². The second kappa shape index (κ2) is 9.25. The molecule has 0 saturated heterocycles. The molecule has 6 heteroatoms. The number of nitrogens with one attached hydrogen (secondary N) is 1. The summed E-state index contributed by atoms with van der Waals surface area (Å²) in [5.74, 6) is -0.183. The quantitative estimate of drug-likeness (QED) is 0.717.